The highest BCUT2D eigenvalue weighted by atomic mass is 16.5. The van der Waals surface area contributed by atoms with Crippen LogP contribution in [0.25, 0.3) is 5.76 Å². The molecule has 34 heavy (non-hydrogen) atoms. The number of aliphatic hydroxyl groups is 5. The number of fused-ring (bicyclic) bond motifs is 3. The van der Waals surface area contributed by atoms with Crippen molar-refractivity contribution in [1.29, 1.82) is 0 Å². The van der Waals surface area contributed by atoms with E-state index in [1.807, 2.05) is 0 Å². The molecule has 0 aromatic heterocycles. The summed E-state index contributed by atoms with van der Waals surface area (Å²) < 4.78 is -1.53. The van der Waals surface area contributed by atoms with Crippen molar-refractivity contribution in [2.75, 3.05) is 14.1 Å². The lowest BCUT2D eigenvalue weighted by molar-refractivity contribution is -0.862. The SMILES string of the molecule is C[C@@]1(O)c2cccc(O)c2C(O)=C2C(=O)[C@]3(O)C(O)=C(C(N)=O)C(=O)[C@@H]([N+](C)(C)[O-])[C@@H]3[C@@H](O)[C@@H]21. The average molecular weight is 476 g/mol. The minimum absolute atomic E-state index is 0.0665. The van der Waals surface area contributed by atoms with Crippen molar-refractivity contribution < 1.29 is 49.7 Å². The fraction of sp³-hybridized carbons (Fsp3) is 0.409. The molecule has 0 radical (unpaired) electrons. The number of hydrogen-bond donors (Lipinski definition) is 7. The number of benzene rings is 1. The third-order valence-electron chi connectivity index (χ3n) is 7.15. The Balaban J connectivity index is 2.12. The highest BCUT2D eigenvalue weighted by Gasteiger charge is 2.72. The number of rotatable bonds is 2. The van der Waals surface area contributed by atoms with E-state index in [-0.39, 0.29) is 11.1 Å². The topological polar surface area (TPSA) is 222 Å². The molecule has 6 atom stereocenters. The van der Waals surface area contributed by atoms with Crippen LogP contribution < -0.4 is 5.73 Å². The van der Waals surface area contributed by atoms with E-state index in [1.54, 1.807) is 0 Å². The third kappa shape index (κ3) is 2.68. The molecule has 1 fully saturated rings. The van der Waals surface area contributed by atoms with Gasteiger partial charge in [-0.3, -0.25) is 14.4 Å². The van der Waals surface area contributed by atoms with E-state index in [9.17, 15) is 50.2 Å². The van der Waals surface area contributed by atoms with Crippen LogP contribution in [0, 0.1) is 17.0 Å². The molecule has 3 aliphatic carbocycles. The molecule has 1 aromatic carbocycles. The summed E-state index contributed by atoms with van der Waals surface area (Å²) in [6.45, 7) is 1.19. The summed E-state index contributed by atoms with van der Waals surface area (Å²) in [5.74, 6) is -10.9. The first-order chi connectivity index (χ1) is 15.5. The molecule has 3 aliphatic rings. The number of carbonyl (C=O) groups excluding carboxylic acids is 3. The number of ketones is 2. The van der Waals surface area contributed by atoms with Crippen LogP contribution in [0.3, 0.4) is 0 Å². The number of nitrogens with zero attached hydrogens (tertiary/aromatic N) is 1. The number of quaternary nitrogens is 1. The van der Waals surface area contributed by atoms with E-state index in [2.05, 4.69) is 0 Å². The molecule has 0 unspecified atom stereocenters. The number of phenolic OH excluding ortho intramolecular Hbond substituents is 1. The number of aliphatic hydroxyl groups excluding tert-OH is 3. The Hall–Kier alpha value is -3.29. The molecule has 1 amide bonds. The molecular formula is C22H24N2O10. The maximum absolute atomic E-state index is 13.7. The van der Waals surface area contributed by atoms with Gasteiger partial charge in [0.2, 0.25) is 11.6 Å². The maximum Gasteiger partial charge on any atom is 0.256 e. The minimum Gasteiger partial charge on any atom is -0.633 e. The van der Waals surface area contributed by atoms with E-state index in [0.717, 1.165) is 14.1 Å². The van der Waals surface area contributed by atoms with Crippen molar-refractivity contribution in [3.63, 3.8) is 0 Å². The Kier molecular flexibility index (Phi) is 4.82. The van der Waals surface area contributed by atoms with Gasteiger partial charge >= 0.3 is 0 Å². The Bertz CT molecular complexity index is 1220. The largest absolute Gasteiger partial charge is 0.633 e. The summed E-state index contributed by atoms with van der Waals surface area (Å²) >= 11 is 0. The second-order valence-electron chi connectivity index (χ2n) is 9.53. The van der Waals surface area contributed by atoms with Gasteiger partial charge in [0.05, 0.1) is 48.8 Å². The van der Waals surface area contributed by atoms with Crippen LogP contribution in [0.1, 0.15) is 18.1 Å². The van der Waals surface area contributed by atoms with E-state index < -0.39 is 85.7 Å². The van der Waals surface area contributed by atoms with Crippen LogP contribution in [0.4, 0.5) is 0 Å². The van der Waals surface area contributed by atoms with Crippen molar-refractivity contribution >= 4 is 23.2 Å². The molecule has 0 spiro atoms. The lowest BCUT2D eigenvalue weighted by atomic mass is 9.53. The molecule has 1 saturated carbocycles. The van der Waals surface area contributed by atoms with Gasteiger partial charge in [-0.2, -0.15) is 0 Å². The first-order valence-electron chi connectivity index (χ1n) is 10.3. The molecule has 0 bridgehead atoms. The second-order valence-corrected chi connectivity index (χ2v) is 9.53. The number of primary amides is 1. The van der Waals surface area contributed by atoms with Gasteiger partial charge in [-0.1, -0.05) is 12.1 Å². The summed E-state index contributed by atoms with van der Waals surface area (Å²) in [4.78, 5) is 38.7. The Morgan fingerprint density at radius 2 is 1.74 bits per heavy atom. The number of nitrogens with two attached hydrogens (primary N) is 1. The van der Waals surface area contributed by atoms with Crippen LogP contribution in [-0.2, 0) is 20.0 Å². The van der Waals surface area contributed by atoms with Crippen LogP contribution in [0.2, 0.25) is 0 Å². The molecule has 0 aliphatic heterocycles. The highest BCUT2D eigenvalue weighted by Crippen LogP contribution is 2.57. The van der Waals surface area contributed by atoms with Crippen LogP contribution in [0.15, 0.2) is 35.1 Å². The standard InChI is InChI=1S/C22H24N2O10/c1-21(32)7-5-4-6-8(25)9(7)15(26)10-12(21)17(28)13-14(24(2,3)34)16(27)11(20(23)31)19(30)22(13,33)18(10)29/h4-6,12-14,17,25-26,28,30,32-33H,1-3H3,(H2,23,31)/t12-,13-,14+,17+,21-,22+/m1/s1. The van der Waals surface area contributed by atoms with Crippen molar-refractivity contribution in [3.05, 3.63) is 51.4 Å². The number of carbonyl (C=O) groups is 3. The fourth-order valence-electron chi connectivity index (χ4n) is 5.71. The number of amides is 1. The van der Waals surface area contributed by atoms with E-state index in [0.29, 0.717) is 0 Å². The molecule has 12 nitrogen and oxygen atoms in total. The third-order valence-corrected chi connectivity index (χ3v) is 7.15. The summed E-state index contributed by atoms with van der Waals surface area (Å²) in [5, 5.41) is 79.3. The zero-order chi connectivity index (χ0) is 25.7. The van der Waals surface area contributed by atoms with Gasteiger partial charge < -0.3 is 46.2 Å². The van der Waals surface area contributed by atoms with Crippen LogP contribution in [-0.4, -0.2) is 84.6 Å². The van der Waals surface area contributed by atoms with E-state index in [1.165, 1.54) is 25.1 Å². The normalized spacial score (nSPS) is 35.6. The highest BCUT2D eigenvalue weighted by molar-refractivity contribution is 6.24. The number of hydrogen-bond acceptors (Lipinski definition) is 10. The average Bonchev–Trinajstić information content (AvgIpc) is 2.69. The summed E-state index contributed by atoms with van der Waals surface area (Å²) in [7, 11) is 1.94. The van der Waals surface area contributed by atoms with Crippen molar-refractivity contribution in [2.24, 2.45) is 17.6 Å². The first kappa shape index (κ1) is 23.9. The molecule has 182 valence electrons. The van der Waals surface area contributed by atoms with Gasteiger partial charge in [0.1, 0.15) is 22.8 Å². The summed E-state index contributed by atoms with van der Waals surface area (Å²) in [6, 6.07) is 1.86. The molecule has 12 heteroatoms. The lowest BCUT2D eigenvalue weighted by Crippen LogP contribution is -2.74. The maximum atomic E-state index is 13.7. The predicted octanol–water partition coefficient (Wildman–Crippen LogP) is -1.39. The van der Waals surface area contributed by atoms with Gasteiger partial charge in [0.25, 0.3) is 5.91 Å². The lowest BCUT2D eigenvalue weighted by Gasteiger charge is -2.57. The minimum atomic E-state index is -3.22. The van der Waals surface area contributed by atoms with Crippen molar-refractivity contribution in [1.82, 2.24) is 0 Å². The van der Waals surface area contributed by atoms with Gasteiger partial charge in [0.15, 0.2) is 11.6 Å². The molecular weight excluding hydrogens is 452 g/mol. The van der Waals surface area contributed by atoms with Crippen LogP contribution >= 0.6 is 0 Å². The first-order valence-corrected chi connectivity index (χ1v) is 10.3. The number of aromatic hydroxyl groups is 1. The van der Waals surface area contributed by atoms with Gasteiger partial charge in [-0.15, -0.1) is 0 Å². The molecule has 4 rings (SSSR count). The smallest absolute Gasteiger partial charge is 0.256 e. The van der Waals surface area contributed by atoms with Crippen LogP contribution in [0.5, 0.6) is 5.75 Å². The van der Waals surface area contributed by atoms with Crippen molar-refractivity contribution in [3.8, 4) is 5.75 Å². The van der Waals surface area contributed by atoms with Gasteiger partial charge in [-0.05, 0) is 18.6 Å². The van der Waals surface area contributed by atoms with Gasteiger partial charge in [-0.25, -0.2) is 0 Å². The van der Waals surface area contributed by atoms with Crippen molar-refractivity contribution in [2.45, 2.75) is 30.3 Å². The second kappa shape index (κ2) is 6.87. The zero-order valence-corrected chi connectivity index (χ0v) is 18.4. The Labute approximate surface area is 192 Å². The number of hydroxylamine groups is 3. The molecule has 0 saturated heterocycles. The number of Topliss-reactive ketones (excluding diaryl/α,β-unsaturated/α-hetero) is 2. The fourth-order valence-corrected chi connectivity index (χ4v) is 5.71. The quantitative estimate of drug-likeness (QED) is 0.150. The Morgan fingerprint density at radius 1 is 1.15 bits per heavy atom. The summed E-state index contributed by atoms with van der Waals surface area (Å²) in [5.41, 5.74) is -2.53. The Morgan fingerprint density at radius 3 is 2.26 bits per heavy atom. The zero-order valence-electron chi connectivity index (χ0n) is 18.4. The number of likely N-dealkylation sites (N-methyl/N-ethyl adjacent to an activating group) is 1. The molecule has 1 aromatic rings. The molecule has 8 N–H and O–H groups in total. The van der Waals surface area contributed by atoms with E-state index >= 15 is 0 Å². The molecule has 0 heterocycles. The number of phenols is 1. The predicted molar refractivity (Wildman–Crippen MR) is 113 cm³/mol. The monoisotopic (exact) mass is 476 g/mol. The summed E-state index contributed by atoms with van der Waals surface area (Å²) in [6.07, 6.45) is -2.07. The van der Waals surface area contributed by atoms with E-state index in [4.69, 9.17) is 5.73 Å². The van der Waals surface area contributed by atoms with Gasteiger partial charge in [0, 0.05) is 0 Å².